The average molecular weight is 288 g/mol. The van der Waals surface area contributed by atoms with Crippen LogP contribution in [-0.2, 0) is 4.74 Å². The molecule has 1 aromatic carbocycles. The second-order valence-corrected chi connectivity index (χ2v) is 5.62. The first kappa shape index (κ1) is 18.4. The van der Waals surface area contributed by atoms with Crippen LogP contribution in [0.5, 0.6) is 0 Å². The molecule has 4 heteroatoms. The second-order valence-electron chi connectivity index (χ2n) is 5.62. The van der Waals surface area contributed by atoms with Gasteiger partial charge in [0.15, 0.2) is 0 Å². The molecule has 0 amide bonds. The summed E-state index contributed by atoms with van der Waals surface area (Å²) in [6.45, 7) is 8.94. The largest absolute Gasteiger partial charge is 0.389 e. The molecule has 0 aliphatic carbocycles. The van der Waals surface area contributed by atoms with Crippen LogP contribution in [0.25, 0.3) is 0 Å². The number of hydrogen-bond acceptors (Lipinski definition) is 3. The van der Waals surface area contributed by atoms with Crippen LogP contribution in [0.2, 0.25) is 0 Å². The molecular weight excluding hydrogens is 262 g/mol. The maximum Gasteiger partial charge on any atom is 0.0898 e. The summed E-state index contributed by atoms with van der Waals surface area (Å²) >= 11 is 0. The Hall–Kier alpha value is -0.610. The smallest absolute Gasteiger partial charge is 0.0898 e. The highest BCUT2D eigenvalue weighted by molar-refractivity contribution is 5.85. The first-order chi connectivity index (χ1) is 8.38. The van der Waals surface area contributed by atoms with E-state index in [9.17, 15) is 5.11 Å². The fraction of sp³-hybridized carbons (Fsp3) is 0.600. The Morgan fingerprint density at radius 1 is 1.21 bits per heavy atom. The van der Waals surface area contributed by atoms with Crippen LogP contribution >= 0.6 is 12.4 Å². The van der Waals surface area contributed by atoms with E-state index in [0.717, 1.165) is 0 Å². The van der Waals surface area contributed by atoms with Gasteiger partial charge in [0, 0.05) is 12.6 Å². The second kappa shape index (κ2) is 8.54. The van der Waals surface area contributed by atoms with Crippen LogP contribution in [0.3, 0.4) is 0 Å². The van der Waals surface area contributed by atoms with Crippen molar-refractivity contribution in [3.8, 4) is 0 Å². The van der Waals surface area contributed by atoms with Gasteiger partial charge >= 0.3 is 0 Å². The molecule has 0 aliphatic heterocycles. The van der Waals surface area contributed by atoms with Crippen molar-refractivity contribution in [3.05, 3.63) is 35.9 Å². The Morgan fingerprint density at radius 2 is 1.79 bits per heavy atom. The summed E-state index contributed by atoms with van der Waals surface area (Å²) < 4.78 is 5.54. The zero-order valence-corrected chi connectivity index (χ0v) is 13.0. The van der Waals surface area contributed by atoms with Gasteiger partial charge in [0.2, 0.25) is 0 Å². The van der Waals surface area contributed by atoms with Gasteiger partial charge < -0.3 is 15.2 Å². The minimum absolute atomic E-state index is 0. The lowest BCUT2D eigenvalue weighted by Gasteiger charge is -2.23. The van der Waals surface area contributed by atoms with Crippen LogP contribution in [0.1, 0.15) is 39.3 Å². The van der Waals surface area contributed by atoms with E-state index >= 15 is 0 Å². The van der Waals surface area contributed by atoms with E-state index in [4.69, 9.17) is 4.74 Å². The van der Waals surface area contributed by atoms with Crippen molar-refractivity contribution in [2.45, 2.75) is 45.4 Å². The topological polar surface area (TPSA) is 41.5 Å². The van der Waals surface area contributed by atoms with Gasteiger partial charge in [-0.25, -0.2) is 0 Å². The van der Waals surface area contributed by atoms with Gasteiger partial charge in [-0.2, -0.15) is 0 Å². The summed E-state index contributed by atoms with van der Waals surface area (Å²) in [4.78, 5) is 0. The van der Waals surface area contributed by atoms with Crippen molar-refractivity contribution in [3.63, 3.8) is 0 Å². The summed E-state index contributed by atoms with van der Waals surface area (Å²) in [6, 6.07) is 10.4. The van der Waals surface area contributed by atoms with E-state index in [1.165, 1.54) is 5.56 Å². The molecule has 2 atom stereocenters. The lowest BCUT2D eigenvalue weighted by atomic mass is 10.1. The van der Waals surface area contributed by atoms with Gasteiger partial charge in [-0.05, 0) is 33.3 Å². The minimum atomic E-state index is -0.476. The standard InChI is InChI=1S/C15H25NO2.ClH/c1-12(13-8-6-5-7-9-13)16-10-14(17)11-18-15(2,3)4;/h5-9,12,14,16-17H,10-11H2,1-4H3;1H. The number of aliphatic hydroxyl groups is 1. The molecule has 1 aromatic rings. The third kappa shape index (κ3) is 8.22. The van der Waals surface area contributed by atoms with Crippen molar-refractivity contribution < 1.29 is 9.84 Å². The SMILES string of the molecule is CC(NCC(O)COC(C)(C)C)c1ccccc1.Cl. The Kier molecular flexibility index (Phi) is 8.26. The Balaban J connectivity index is 0.00000324. The van der Waals surface area contributed by atoms with Crippen LogP contribution < -0.4 is 5.32 Å². The maximum absolute atomic E-state index is 9.82. The zero-order valence-electron chi connectivity index (χ0n) is 12.2. The number of ether oxygens (including phenoxy) is 1. The number of halogens is 1. The van der Waals surface area contributed by atoms with Crippen molar-refractivity contribution in [1.29, 1.82) is 0 Å². The third-order valence-corrected chi connectivity index (χ3v) is 2.67. The highest BCUT2D eigenvalue weighted by Crippen LogP contribution is 2.11. The molecule has 3 nitrogen and oxygen atoms in total. The van der Waals surface area contributed by atoms with Gasteiger partial charge in [0.1, 0.15) is 0 Å². The lowest BCUT2D eigenvalue weighted by Crippen LogP contribution is -2.34. The monoisotopic (exact) mass is 287 g/mol. The maximum atomic E-state index is 9.82. The van der Waals surface area contributed by atoms with E-state index in [1.54, 1.807) is 0 Å². The average Bonchev–Trinajstić information content (AvgIpc) is 2.33. The number of hydrogen-bond donors (Lipinski definition) is 2. The molecule has 0 saturated carbocycles. The predicted octanol–water partition coefficient (Wildman–Crippen LogP) is 2.94. The van der Waals surface area contributed by atoms with E-state index < -0.39 is 6.10 Å². The first-order valence-corrected chi connectivity index (χ1v) is 6.49. The number of rotatable bonds is 6. The van der Waals surface area contributed by atoms with Crippen molar-refractivity contribution >= 4 is 12.4 Å². The summed E-state index contributed by atoms with van der Waals surface area (Å²) in [6.07, 6.45) is -0.476. The quantitative estimate of drug-likeness (QED) is 0.845. The highest BCUT2D eigenvalue weighted by Gasteiger charge is 2.14. The van der Waals surface area contributed by atoms with E-state index in [1.807, 2.05) is 39.0 Å². The Bertz CT molecular complexity index is 338. The molecule has 0 saturated heterocycles. The van der Waals surface area contributed by atoms with Crippen LogP contribution in [0.15, 0.2) is 30.3 Å². The van der Waals surface area contributed by atoms with Crippen LogP contribution in [0.4, 0.5) is 0 Å². The minimum Gasteiger partial charge on any atom is -0.389 e. The van der Waals surface area contributed by atoms with Gasteiger partial charge in [-0.1, -0.05) is 30.3 Å². The molecule has 0 aromatic heterocycles. The normalized spacial score (nSPS) is 14.6. The van der Waals surface area contributed by atoms with Crippen LogP contribution in [0, 0.1) is 0 Å². The summed E-state index contributed by atoms with van der Waals surface area (Å²) in [5, 5.41) is 13.1. The molecule has 1 rings (SSSR count). The van der Waals surface area contributed by atoms with E-state index in [0.29, 0.717) is 13.2 Å². The van der Waals surface area contributed by atoms with Gasteiger partial charge in [0.25, 0.3) is 0 Å². The molecule has 19 heavy (non-hydrogen) atoms. The Labute approximate surface area is 122 Å². The molecule has 0 spiro atoms. The van der Waals surface area contributed by atoms with Crippen molar-refractivity contribution in [1.82, 2.24) is 5.32 Å². The molecule has 0 fully saturated rings. The number of nitrogens with one attached hydrogen (secondary N) is 1. The van der Waals surface area contributed by atoms with E-state index in [2.05, 4.69) is 24.4 Å². The Morgan fingerprint density at radius 3 is 2.32 bits per heavy atom. The van der Waals surface area contributed by atoms with Crippen LogP contribution in [-0.4, -0.2) is 30.0 Å². The molecule has 0 aliphatic rings. The molecular formula is C15H26ClNO2. The summed E-state index contributed by atoms with van der Waals surface area (Å²) in [5.74, 6) is 0. The third-order valence-electron chi connectivity index (χ3n) is 2.67. The fourth-order valence-corrected chi connectivity index (χ4v) is 1.58. The highest BCUT2D eigenvalue weighted by atomic mass is 35.5. The van der Waals surface area contributed by atoms with Gasteiger partial charge in [-0.15, -0.1) is 12.4 Å². The zero-order chi connectivity index (χ0) is 13.6. The molecule has 0 heterocycles. The van der Waals surface area contributed by atoms with E-state index in [-0.39, 0.29) is 24.0 Å². The molecule has 0 radical (unpaired) electrons. The molecule has 2 N–H and O–H groups in total. The van der Waals surface area contributed by atoms with Gasteiger partial charge in [0.05, 0.1) is 18.3 Å². The molecule has 110 valence electrons. The predicted molar refractivity (Wildman–Crippen MR) is 81.8 cm³/mol. The number of benzene rings is 1. The lowest BCUT2D eigenvalue weighted by molar-refractivity contribution is -0.0482. The fourth-order valence-electron chi connectivity index (χ4n) is 1.58. The number of aliphatic hydroxyl groups excluding tert-OH is 1. The first-order valence-electron chi connectivity index (χ1n) is 6.49. The van der Waals surface area contributed by atoms with Crippen molar-refractivity contribution in [2.24, 2.45) is 0 Å². The molecule has 2 unspecified atom stereocenters. The summed E-state index contributed by atoms with van der Waals surface area (Å²) in [5.41, 5.74) is 1.02. The summed E-state index contributed by atoms with van der Waals surface area (Å²) in [7, 11) is 0. The van der Waals surface area contributed by atoms with Gasteiger partial charge in [-0.3, -0.25) is 0 Å². The molecule has 0 bridgehead atoms. The van der Waals surface area contributed by atoms with Crippen molar-refractivity contribution in [2.75, 3.05) is 13.2 Å².